The number of rotatable bonds is 6. The molecule has 1 aliphatic rings. The quantitative estimate of drug-likeness (QED) is 0.505. The number of hydrogen-bond acceptors (Lipinski definition) is 5. The summed E-state index contributed by atoms with van der Waals surface area (Å²) in [6.45, 7) is 3.48. The number of piperidine rings is 1. The van der Waals surface area contributed by atoms with Gasteiger partial charge in [-0.2, -0.15) is 5.10 Å². The average molecular weight is 416 g/mol. The molecule has 1 aromatic carbocycles. The predicted molar refractivity (Wildman–Crippen MR) is 118 cm³/mol. The van der Waals surface area contributed by atoms with Gasteiger partial charge in [-0.1, -0.05) is 18.2 Å². The lowest BCUT2D eigenvalue weighted by molar-refractivity contribution is 0.0926. The van der Waals surface area contributed by atoms with E-state index < -0.39 is 0 Å². The highest BCUT2D eigenvalue weighted by Gasteiger charge is 2.22. The summed E-state index contributed by atoms with van der Waals surface area (Å²) < 4.78 is 2.04. The summed E-state index contributed by atoms with van der Waals surface area (Å²) in [4.78, 5) is 23.8. The summed E-state index contributed by atoms with van der Waals surface area (Å²) in [5.41, 5.74) is 2.50. The van der Waals surface area contributed by atoms with Crippen LogP contribution in [0.25, 0.3) is 16.9 Å². The molecule has 4 heterocycles. The third-order valence-electron chi connectivity index (χ3n) is 5.83. The second-order valence-electron chi connectivity index (χ2n) is 7.99. The summed E-state index contributed by atoms with van der Waals surface area (Å²) in [7, 11) is 0. The SMILES string of the molecule is O=C(NCC1CCCN(Cc2cccn2-c2ncccn2)C1)c1n[nH]c2ccccc12. The highest BCUT2D eigenvalue weighted by atomic mass is 16.1. The number of para-hydroxylation sites is 1. The molecule has 8 heteroatoms. The first-order valence-corrected chi connectivity index (χ1v) is 10.7. The molecule has 1 amide bonds. The molecule has 2 N–H and O–H groups in total. The molecule has 0 bridgehead atoms. The molecule has 4 aromatic rings. The Bertz CT molecular complexity index is 1170. The Hall–Kier alpha value is -3.52. The molecule has 0 saturated carbocycles. The Morgan fingerprint density at radius 3 is 2.90 bits per heavy atom. The predicted octanol–water partition coefficient (Wildman–Crippen LogP) is 2.79. The van der Waals surface area contributed by atoms with Crippen LogP contribution in [-0.4, -0.2) is 55.2 Å². The normalized spacial score (nSPS) is 17.1. The molecular formula is C23H25N7O. The Balaban J connectivity index is 1.20. The number of aromatic amines is 1. The monoisotopic (exact) mass is 415 g/mol. The lowest BCUT2D eigenvalue weighted by Gasteiger charge is -2.32. The molecule has 1 saturated heterocycles. The van der Waals surface area contributed by atoms with Crippen molar-refractivity contribution in [2.45, 2.75) is 19.4 Å². The van der Waals surface area contributed by atoms with Gasteiger partial charge in [0.25, 0.3) is 5.91 Å². The van der Waals surface area contributed by atoms with Gasteiger partial charge in [0.2, 0.25) is 5.95 Å². The van der Waals surface area contributed by atoms with Crippen LogP contribution in [0.2, 0.25) is 0 Å². The first kappa shape index (κ1) is 19.4. The van der Waals surface area contributed by atoms with Crippen LogP contribution in [0.5, 0.6) is 0 Å². The molecule has 158 valence electrons. The number of fused-ring (bicyclic) bond motifs is 1. The zero-order valence-corrected chi connectivity index (χ0v) is 17.2. The van der Waals surface area contributed by atoms with Gasteiger partial charge in [0, 0.05) is 49.3 Å². The van der Waals surface area contributed by atoms with Crippen molar-refractivity contribution in [2.24, 2.45) is 5.92 Å². The highest BCUT2D eigenvalue weighted by Crippen LogP contribution is 2.20. The van der Waals surface area contributed by atoms with E-state index in [4.69, 9.17) is 0 Å². The molecule has 0 radical (unpaired) electrons. The van der Waals surface area contributed by atoms with Crippen molar-refractivity contribution < 1.29 is 4.79 Å². The topological polar surface area (TPSA) is 91.7 Å². The van der Waals surface area contributed by atoms with Crippen molar-refractivity contribution in [3.63, 3.8) is 0 Å². The molecule has 0 aliphatic carbocycles. The van der Waals surface area contributed by atoms with Crippen molar-refractivity contribution in [1.29, 1.82) is 0 Å². The number of amides is 1. The smallest absolute Gasteiger partial charge is 0.272 e. The van der Waals surface area contributed by atoms with Gasteiger partial charge in [-0.3, -0.25) is 19.4 Å². The second kappa shape index (κ2) is 8.69. The third-order valence-corrected chi connectivity index (χ3v) is 5.83. The Morgan fingerprint density at radius 1 is 1.13 bits per heavy atom. The molecule has 8 nitrogen and oxygen atoms in total. The van der Waals surface area contributed by atoms with Crippen LogP contribution < -0.4 is 5.32 Å². The summed E-state index contributed by atoms with van der Waals surface area (Å²) in [6, 6.07) is 13.7. The molecule has 0 spiro atoms. The molecular weight excluding hydrogens is 390 g/mol. The van der Waals surface area contributed by atoms with E-state index >= 15 is 0 Å². The fourth-order valence-corrected chi connectivity index (χ4v) is 4.30. The van der Waals surface area contributed by atoms with Crippen LogP contribution in [0.15, 0.2) is 61.1 Å². The maximum atomic E-state index is 12.7. The molecule has 1 aliphatic heterocycles. The lowest BCUT2D eigenvalue weighted by Crippen LogP contribution is -2.40. The number of nitrogens with one attached hydrogen (secondary N) is 2. The number of nitrogens with zero attached hydrogens (tertiary/aromatic N) is 5. The van der Waals surface area contributed by atoms with Crippen LogP contribution in [0.3, 0.4) is 0 Å². The largest absolute Gasteiger partial charge is 0.350 e. The number of carbonyl (C=O) groups excluding carboxylic acids is 1. The van der Waals surface area contributed by atoms with E-state index in [0.29, 0.717) is 24.1 Å². The summed E-state index contributed by atoms with van der Waals surface area (Å²) in [6.07, 6.45) is 7.75. The van der Waals surface area contributed by atoms with Crippen molar-refractivity contribution in [3.05, 3.63) is 72.4 Å². The Labute approximate surface area is 180 Å². The van der Waals surface area contributed by atoms with E-state index in [-0.39, 0.29) is 5.91 Å². The Morgan fingerprint density at radius 2 is 2.00 bits per heavy atom. The minimum atomic E-state index is -0.121. The van der Waals surface area contributed by atoms with Gasteiger partial charge in [0.1, 0.15) is 0 Å². The Kier molecular flexibility index (Phi) is 5.45. The van der Waals surface area contributed by atoms with Gasteiger partial charge < -0.3 is 5.32 Å². The molecule has 1 fully saturated rings. The van der Waals surface area contributed by atoms with Gasteiger partial charge in [-0.25, -0.2) is 9.97 Å². The van der Waals surface area contributed by atoms with Crippen molar-refractivity contribution in [1.82, 2.24) is 34.9 Å². The lowest BCUT2D eigenvalue weighted by atomic mass is 9.97. The summed E-state index contributed by atoms with van der Waals surface area (Å²) in [5.74, 6) is 0.985. The van der Waals surface area contributed by atoms with Crippen LogP contribution in [0.1, 0.15) is 29.0 Å². The number of carbonyl (C=O) groups is 1. The van der Waals surface area contributed by atoms with E-state index in [1.165, 1.54) is 5.69 Å². The number of aromatic nitrogens is 5. The van der Waals surface area contributed by atoms with Gasteiger partial charge in [0.05, 0.1) is 5.52 Å². The minimum absolute atomic E-state index is 0.121. The van der Waals surface area contributed by atoms with E-state index in [1.807, 2.05) is 47.2 Å². The van der Waals surface area contributed by atoms with Crippen LogP contribution in [-0.2, 0) is 6.54 Å². The molecule has 3 aromatic heterocycles. The van der Waals surface area contributed by atoms with Crippen molar-refractivity contribution >= 4 is 16.8 Å². The van der Waals surface area contributed by atoms with E-state index in [1.54, 1.807) is 12.4 Å². The van der Waals surface area contributed by atoms with Gasteiger partial charge in [0.15, 0.2) is 5.69 Å². The maximum Gasteiger partial charge on any atom is 0.272 e. The summed E-state index contributed by atoms with van der Waals surface area (Å²) in [5, 5.41) is 11.1. The first-order valence-electron chi connectivity index (χ1n) is 10.7. The van der Waals surface area contributed by atoms with E-state index in [2.05, 4.69) is 36.4 Å². The van der Waals surface area contributed by atoms with Crippen molar-refractivity contribution in [3.8, 4) is 5.95 Å². The first-order chi connectivity index (χ1) is 15.3. The standard InChI is InChI=1S/C23H25N7O/c31-22(21-19-8-1-2-9-20(19)27-28-21)26-14-17-6-3-12-29(15-17)16-18-7-4-13-30(18)23-24-10-5-11-25-23/h1-2,4-5,7-11,13,17H,3,6,12,14-16H2,(H,26,31)(H,27,28). The van der Waals surface area contributed by atoms with Crippen LogP contribution in [0.4, 0.5) is 0 Å². The molecule has 31 heavy (non-hydrogen) atoms. The fourth-order valence-electron chi connectivity index (χ4n) is 4.30. The highest BCUT2D eigenvalue weighted by molar-refractivity contribution is 6.04. The van der Waals surface area contributed by atoms with E-state index in [9.17, 15) is 4.79 Å². The molecule has 1 unspecified atom stereocenters. The molecule has 5 rings (SSSR count). The minimum Gasteiger partial charge on any atom is -0.350 e. The number of likely N-dealkylation sites (tertiary alicyclic amines) is 1. The second-order valence-corrected chi connectivity index (χ2v) is 7.99. The number of hydrogen-bond donors (Lipinski definition) is 2. The maximum absolute atomic E-state index is 12.7. The fraction of sp³-hybridized carbons (Fsp3) is 0.304. The number of H-pyrrole nitrogens is 1. The van der Waals surface area contributed by atoms with Crippen LogP contribution in [0, 0.1) is 5.92 Å². The third kappa shape index (κ3) is 4.20. The van der Waals surface area contributed by atoms with Gasteiger partial charge >= 0.3 is 0 Å². The zero-order chi connectivity index (χ0) is 21.0. The molecule has 1 atom stereocenters. The van der Waals surface area contributed by atoms with Gasteiger partial charge in [-0.15, -0.1) is 0 Å². The van der Waals surface area contributed by atoms with Gasteiger partial charge in [-0.05, 0) is 49.6 Å². The van der Waals surface area contributed by atoms with Crippen LogP contribution >= 0.6 is 0 Å². The van der Waals surface area contributed by atoms with Crippen molar-refractivity contribution in [2.75, 3.05) is 19.6 Å². The number of benzene rings is 1. The average Bonchev–Trinajstić information content (AvgIpc) is 3.45. The van der Waals surface area contributed by atoms with E-state index in [0.717, 1.165) is 43.4 Å². The zero-order valence-electron chi connectivity index (χ0n) is 17.2. The summed E-state index contributed by atoms with van der Waals surface area (Å²) >= 11 is 0.